The number of rotatable bonds is 1. The zero-order chi connectivity index (χ0) is 6.85. The molecule has 0 aliphatic carbocycles. The van der Waals surface area contributed by atoms with E-state index in [1.165, 1.54) is 5.57 Å². The van der Waals surface area contributed by atoms with E-state index in [-0.39, 0.29) is 6.73 Å². The SMILES string of the molecule is CC1=CN(C)N(CO)C1. The van der Waals surface area contributed by atoms with Gasteiger partial charge in [-0.2, -0.15) is 5.01 Å². The van der Waals surface area contributed by atoms with E-state index < -0.39 is 0 Å². The average molecular weight is 128 g/mol. The highest BCUT2D eigenvalue weighted by molar-refractivity contribution is 5.03. The highest BCUT2D eigenvalue weighted by atomic mass is 16.3. The summed E-state index contributed by atoms with van der Waals surface area (Å²) in [6, 6.07) is 0. The summed E-state index contributed by atoms with van der Waals surface area (Å²) in [5.41, 5.74) is 1.28. The molecule has 0 amide bonds. The molecule has 0 aromatic heterocycles. The predicted molar refractivity (Wildman–Crippen MR) is 35.3 cm³/mol. The molecule has 0 spiro atoms. The predicted octanol–water partition coefficient (Wildman–Crippen LogP) is 0.00240. The van der Waals surface area contributed by atoms with Gasteiger partial charge in [0.2, 0.25) is 0 Å². The fourth-order valence-electron chi connectivity index (χ4n) is 0.991. The highest BCUT2D eigenvalue weighted by Gasteiger charge is 2.13. The van der Waals surface area contributed by atoms with Gasteiger partial charge in [-0.25, -0.2) is 0 Å². The third kappa shape index (κ3) is 1.23. The molecule has 1 rings (SSSR count). The molecule has 0 aromatic carbocycles. The molecule has 1 aliphatic heterocycles. The lowest BCUT2D eigenvalue weighted by molar-refractivity contribution is -0.00846. The second-order valence-corrected chi connectivity index (χ2v) is 2.36. The Balaban J connectivity index is 2.49. The van der Waals surface area contributed by atoms with Crippen LogP contribution >= 0.6 is 0 Å². The molecule has 3 heteroatoms. The van der Waals surface area contributed by atoms with Crippen molar-refractivity contribution in [3.05, 3.63) is 11.8 Å². The largest absolute Gasteiger partial charge is 0.379 e. The quantitative estimate of drug-likeness (QED) is 0.538. The molecular weight excluding hydrogens is 116 g/mol. The van der Waals surface area contributed by atoms with E-state index in [4.69, 9.17) is 5.11 Å². The minimum atomic E-state index is 0.102. The van der Waals surface area contributed by atoms with E-state index >= 15 is 0 Å². The zero-order valence-corrected chi connectivity index (χ0v) is 5.83. The van der Waals surface area contributed by atoms with Gasteiger partial charge in [0.15, 0.2) is 0 Å². The van der Waals surface area contributed by atoms with Crippen molar-refractivity contribution in [1.82, 2.24) is 10.0 Å². The molecular formula is C6H12N2O. The van der Waals surface area contributed by atoms with E-state index in [0.717, 1.165) is 6.54 Å². The topological polar surface area (TPSA) is 26.7 Å². The van der Waals surface area contributed by atoms with Crippen LogP contribution in [0.4, 0.5) is 0 Å². The number of nitrogens with zero attached hydrogens (tertiary/aromatic N) is 2. The Morgan fingerprint density at radius 2 is 2.44 bits per heavy atom. The van der Waals surface area contributed by atoms with Crippen molar-refractivity contribution in [2.24, 2.45) is 0 Å². The van der Waals surface area contributed by atoms with Gasteiger partial charge in [-0.05, 0) is 12.5 Å². The van der Waals surface area contributed by atoms with Gasteiger partial charge in [-0.3, -0.25) is 0 Å². The van der Waals surface area contributed by atoms with Crippen LogP contribution in [0.25, 0.3) is 0 Å². The van der Waals surface area contributed by atoms with Crippen LogP contribution in [0.3, 0.4) is 0 Å². The van der Waals surface area contributed by atoms with Crippen LogP contribution in [0, 0.1) is 0 Å². The van der Waals surface area contributed by atoms with Crippen molar-refractivity contribution < 1.29 is 5.11 Å². The van der Waals surface area contributed by atoms with Crippen molar-refractivity contribution in [3.63, 3.8) is 0 Å². The summed E-state index contributed by atoms with van der Waals surface area (Å²) in [5, 5.41) is 12.4. The summed E-state index contributed by atoms with van der Waals surface area (Å²) in [6.07, 6.45) is 2.01. The summed E-state index contributed by atoms with van der Waals surface area (Å²) in [4.78, 5) is 0. The Morgan fingerprint density at radius 3 is 2.67 bits per heavy atom. The fourth-order valence-corrected chi connectivity index (χ4v) is 0.991. The lowest BCUT2D eigenvalue weighted by atomic mass is 10.3. The van der Waals surface area contributed by atoms with Crippen LogP contribution in [0.1, 0.15) is 6.92 Å². The van der Waals surface area contributed by atoms with Gasteiger partial charge < -0.3 is 10.1 Å². The molecule has 0 radical (unpaired) electrons. The first-order valence-electron chi connectivity index (χ1n) is 3.00. The molecule has 1 heterocycles. The molecule has 1 aliphatic rings. The van der Waals surface area contributed by atoms with Gasteiger partial charge in [0.25, 0.3) is 0 Å². The molecule has 0 saturated heterocycles. The third-order valence-electron chi connectivity index (χ3n) is 1.45. The van der Waals surface area contributed by atoms with E-state index in [9.17, 15) is 0 Å². The monoisotopic (exact) mass is 128 g/mol. The van der Waals surface area contributed by atoms with Gasteiger partial charge in [0.1, 0.15) is 6.73 Å². The molecule has 3 nitrogen and oxygen atoms in total. The van der Waals surface area contributed by atoms with E-state index in [1.807, 2.05) is 30.2 Å². The second-order valence-electron chi connectivity index (χ2n) is 2.36. The normalized spacial score (nSPS) is 20.8. The van der Waals surface area contributed by atoms with Crippen molar-refractivity contribution in [2.45, 2.75) is 6.92 Å². The Bertz CT molecular complexity index is 133. The maximum Gasteiger partial charge on any atom is 0.113 e. The Labute approximate surface area is 55.2 Å². The molecule has 0 saturated carbocycles. The van der Waals surface area contributed by atoms with E-state index in [1.54, 1.807) is 0 Å². The Hall–Kier alpha value is -0.540. The number of aliphatic hydroxyl groups excluding tert-OH is 1. The fraction of sp³-hybridized carbons (Fsp3) is 0.667. The van der Waals surface area contributed by atoms with Crippen molar-refractivity contribution >= 4 is 0 Å². The van der Waals surface area contributed by atoms with Gasteiger partial charge in [-0.15, -0.1) is 0 Å². The van der Waals surface area contributed by atoms with Crippen LogP contribution in [-0.2, 0) is 0 Å². The molecule has 0 fully saturated rings. The van der Waals surface area contributed by atoms with Gasteiger partial charge >= 0.3 is 0 Å². The molecule has 0 aromatic rings. The first-order valence-corrected chi connectivity index (χ1v) is 3.00. The van der Waals surface area contributed by atoms with Crippen molar-refractivity contribution in [1.29, 1.82) is 0 Å². The van der Waals surface area contributed by atoms with Gasteiger partial charge in [0, 0.05) is 19.8 Å². The van der Waals surface area contributed by atoms with Crippen LogP contribution in [-0.4, -0.2) is 35.4 Å². The maximum absolute atomic E-state index is 8.71. The molecule has 0 bridgehead atoms. The van der Waals surface area contributed by atoms with Crippen LogP contribution < -0.4 is 0 Å². The van der Waals surface area contributed by atoms with E-state index in [2.05, 4.69) is 0 Å². The van der Waals surface area contributed by atoms with Crippen LogP contribution in [0.5, 0.6) is 0 Å². The third-order valence-corrected chi connectivity index (χ3v) is 1.45. The average Bonchev–Trinajstić information content (AvgIpc) is 2.10. The first kappa shape index (κ1) is 6.58. The molecule has 9 heavy (non-hydrogen) atoms. The first-order chi connectivity index (χ1) is 4.24. The molecule has 52 valence electrons. The van der Waals surface area contributed by atoms with Crippen molar-refractivity contribution in [2.75, 3.05) is 20.3 Å². The molecule has 0 atom stereocenters. The van der Waals surface area contributed by atoms with Gasteiger partial charge in [-0.1, -0.05) is 0 Å². The minimum Gasteiger partial charge on any atom is -0.379 e. The number of hydrazine groups is 1. The minimum absolute atomic E-state index is 0.102. The van der Waals surface area contributed by atoms with Crippen LogP contribution in [0.15, 0.2) is 11.8 Å². The molecule has 0 unspecified atom stereocenters. The summed E-state index contributed by atoms with van der Waals surface area (Å²) < 4.78 is 0. The lowest BCUT2D eigenvalue weighted by Crippen LogP contribution is -2.32. The lowest BCUT2D eigenvalue weighted by Gasteiger charge is -2.21. The zero-order valence-electron chi connectivity index (χ0n) is 5.83. The summed E-state index contributed by atoms with van der Waals surface area (Å²) >= 11 is 0. The standard InChI is InChI=1S/C6H12N2O/c1-6-3-7(2)8(4-6)5-9/h3,9H,4-5H2,1-2H3. The second kappa shape index (κ2) is 2.37. The molecule has 1 N–H and O–H groups in total. The smallest absolute Gasteiger partial charge is 0.113 e. The summed E-state index contributed by atoms with van der Waals surface area (Å²) in [7, 11) is 1.92. The number of hydrogen-bond acceptors (Lipinski definition) is 3. The summed E-state index contributed by atoms with van der Waals surface area (Å²) in [6.45, 7) is 3.00. The Kier molecular flexibility index (Phi) is 1.73. The summed E-state index contributed by atoms with van der Waals surface area (Å²) in [5.74, 6) is 0. The number of aliphatic hydroxyl groups is 1. The van der Waals surface area contributed by atoms with E-state index in [0.29, 0.717) is 0 Å². The van der Waals surface area contributed by atoms with Gasteiger partial charge in [0.05, 0.1) is 0 Å². The van der Waals surface area contributed by atoms with Crippen LogP contribution in [0.2, 0.25) is 0 Å². The number of hydrogen-bond donors (Lipinski definition) is 1. The Morgan fingerprint density at radius 1 is 1.78 bits per heavy atom. The highest BCUT2D eigenvalue weighted by Crippen LogP contribution is 2.09. The van der Waals surface area contributed by atoms with Crippen molar-refractivity contribution in [3.8, 4) is 0 Å². The maximum atomic E-state index is 8.71.